The molecule has 1 amide bonds. The first-order valence-corrected chi connectivity index (χ1v) is 6.37. The Kier molecular flexibility index (Phi) is 5.46. The van der Waals surface area contributed by atoms with Gasteiger partial charge in [-0.2, -0.15) is 0 Å². The van der Waals surface area contributed by atoms with Gasteiger partial charge in [0.2, 0.25) is 0 Å². The van der Waals surface area contributed by atoms with E-state index in [4.69, 9.17) is 0 Å². The lowest BCUT2D eigenvalue weighted by Gasteiger charge is -2.05. The molecule has 16 heavy (non-hydrogen) atoms. The highest BCUT2D eigenvalue weighted by Gasteiger charge is 2.06. The van der Waals surface area contributed by atoms with Crippen LogP contribution in [0.1, 0.15) is 28.8 Å². The zero-order valence-corrected chi connectivity index (χ0v) is 10.8. The summed E-state index contributed by atoms with van der Waals surface area (Å²) in [4.78, 5) is 11.6. The highest BCUT2D eigenvalue weighted by molar-refractivity contribution is 9.09. The van der Waals surface area contributed by atoms with Gasteiger partial charge in [0.15, 0.2) is 0 Å². The number of unbranched alkanes of at least 4 members (excludes halogenated alkanes) is 1. The number of carbonyl (C=O) groups excluding carboxylic acids is 1. The second kappa shape index (κ2) is 6.63. The monoisotopic (exact) mass is 287 g/mol. The van der Waals surface area contributed by atoms with E-state index in [1.54, 1.807) is 13.0 Å². The number of benzene rings is 1. The van der Waals surface area contributed by atoms with Crippen molar-refractivity contribution >= 4 is 21.8 Å². The number of nitrogens with one attached hydrogen (secondary N) is 1. The molecule has 0 saturated heterocycles. The molecule has 0 atom stereocenters. The van der Waals surface area contributed by atoms with E-state index in [1.807, 2.05) is 0 Å². The largest absolute Gasteiger partial charge is 0.352 e. The summed E-state index contributed by atoms with van der Waals surface area (Å²) >= 11 is 3.32. The van der Waals surface area contributed by atoms with Crippen molar-refractivity contribution in [3.63, 3.8) is 0 Å². The summed E-state index contributed by atoms with van der Waals surface area (Å²) in [5.74, 6) is -0.423. The van der Waals surface area contributed by atoms with E-state index >= 15 is 0 Å². The fourth-order valence-electron chi connectivity index (χ4n) is 1.31. The average molecular weight is 288 g/mol. The molecular formula is C12H15BrFNO. The van der Waals surface area contributed by atoms with E-state index in [-0.39, 0.29) is 11.7 Å². The van der Waals surface area contributed by atoms with Crippen LogP contribution in [0.15, 0.2) is 18.2 Å². The second-order valence-electron chi connectivity index (χ2n) is 3.62. The highest BCUT2D eigenvalue weighted by atomic mass is 79.9. The first-order valence-electron chi connectivity index (χ1n) is 5.25. The number of hydrogen-bond acceptors (Lipinski definition) is 1. The van der Waals surface area contributed by atoms with Gasteiger partial charge in [0.1, 0.15) is 5.82 Å². The number of carbonyl (C=O) groups is 1. The van der Waals surface area contributed by atoms with Gasteiger partial charge in [-0.3, -0.25) is 4.79 Å². The minimum absolute atomic E-state index is 0.141. The number of halogens is 2. The highest BCUT2D eigenvalue weighted by Crippen LogP contribution is 2.09. The number of alkyl halides is 1. The van der Waals surface area contributed by atoms with E-state index in [2.05, 4.69) is 21.2 Å². The van der Waals surface area contributed by atoms with Gasteiger partial charge in [-0.25, -0.2) is 4.39 Å². The third-order valence-corrected chi connectivity index (χ3v) is 2.83. The Morgan fingerprint density at radius 1 is 1.44 bits per heavy atom. The van der Waals surface area contributed by atoms with Crippen molar-refractivity contribution in [3.05, 3.63) is 35.1 Å². The van der Waals surface area contributed by atoms with Crippen LogP contribution in [0, 0.1) is 12.7 Å². The first-order chi connectivity index (χ1) is 7.65. The van der Waals surface area contributed by atoms with Crippen molar-refractivity contribution in [1.29, 1.82) is 0 Å². The molecule has 1 aromatic rings. The van der Waals surface area contributed by atoms with Crippen LogP contribution < -0.4 is 5.32 Å². The van der Waals surface area contributed by atoms with Crippen molar-refractivity contribution in [3.8, 4) is 0 Å². The number of rotatable bonds is 5. The van der Waals surface area contributed by atoms with Gasteiger partial charge in [-0.1, -0.05) is 15.9 Å². The maximum atomic E-state index is 13.0. The zero-order chi connectivity index (χ0) is 12.0. The lowest BCUT2D eigenvalue weighted by Crippen LogP contribution is -2.24. The maximum Gasteiger partial charge on any atom is 0.251 e. The Morgan fingerprint density at radius 3 is 2.81 bits per heavy atom. The van der Waals surface area contributed by atoms with Crippen molar-refractivity contribution in [2.24, 2.45) is 0 Å². The van der Waals surface area contributed by atoms with Crippen LogP contribution >= 0.6 is 15.9 Å². The van der Waals surface area contributed by atoms with Crippen LogP contribution in [-0.2, 0) is 0 Å². The Morgan fingerprint density at radius 2 is 2.19 bits per heavy atom. The van der Waals surface area contributed by atoms with Crippen LogP contribution in [0.4, 0.5) is 4.39 Å². The molecule has 1 rings (SSSR count). The molecule has 0 bridgehead atoms. The minimum atomic E-state index is -0.282. The Hall–Kier alpha value is -0.900. The average Bonchev–Trinajstić information content (AvgIpc) is 2.28. The van der Waals surface area contributed by atoms with Gasteiger partial charge in [0.05, 0.1) is 0 Å². The molecule has 2 nitrogen and oxygen atoms in total. The molecule has 0 fully saturated rings. The van der Waals surface area contributed by atoms with Gasteiger partial charge in [-0.15, -0.1) is 0 Å². The summed E-state index contributed by atoms with van der Waals surface area (Å²) in [5.41, 5.74) is 1.01. The van der Waals surface area contributed by atoms with Crippen LogP contribution in [0.3, 0.4) is 0 Å². The predicted octanol–water partition coefficient (Wildman–Crippen LogP) is 3.04. The van der Waals surface area contributed by atoms with Gasteiger partial charge in [0, 0.05) is 17.4 Å². The van der Waals surface area contributed by atoms with Crippen molar-refractivity contribution < 1.29 is 9.18 Å². The molecule has 0 aromatic heterocycles. The Labute approximate surface area is 103 Å². The molecule has 0 saturated carbocycles. The summed E-state index contributed by atoms with van der Waals surface area (Å²) in [6, 6.07) is 4.39. The van der Waals surface area contributed by atoms with Gasteiger partial charge < -0.3 is 5.32 Å². The molecule has 88 valence electrons. The Bertz CT molecular complexity index is 368. The number of amides is 1. The molecule has 4 heteroatoms. The predicted molar refractivity (Wildman–Crippen MR) is 66.5 cm³/mol. The molecule has 0 spiro atoms. The summed E-state index contributed by atoms with van der Waals surface area (Å²) < 4.78 is 13.0. The molecule has 0 heterocycles. The van der Waals surface area contributed by atoms with E-state index < -0.39 is 0 Å². The lowest BCUT2D eigenvalue weighted by molar-refractivity contribution is 0.0953. The van der Waals surface area contributed by atoms with E-state index in [0.717, 1.165) is 18.2 Å². The smallest absolute Gasteiger partial charge is 0.251 e. The Balaban J connectivity index is 2.50. The molecule has 0 radical (unpaired) electrons. The van der Waals surface area contributed by atoms with Crippen LogP contribution in [0.5, 0.6) is 0 Å². The number of hydrogen-bond donors (Lipinski definition) is 1. The summed E-state index contributed by atoms with van der Waals surface area (Å²) in [6.07, 6.45) is 1.97. The molecular weight excluding hydrogens is 273 g/mol. The molecule has 0 aliphatic rings. The molecule has 0 aliphatic heterocycles. The topological polar surface area (TPSA) is 29.1 Å². The van der Waals surface area contributed by atoms with Crippen molar-refractivity contribution in [1.82, 2.24) is 5.32 Å². The normalized spacial score (nSPS) is 10.2. The fourth-order valence-corrected chi connectivity index (χ4v) is 1.71. The number of aryl methyl sites for hydroxylation is 1. The molecule has 1 N–H and O–H groups in total. The molecule has 0 aliphatic carbocycles. The minimum Gasteiger partial charge on any atom is -0.352 e. The third-order valence-electron chi connectivity index (χ3n) is 2.27. The van der Waals surface area contributed by atoms with Gasteiger partial charge >= 0.3 is 0 Å². The quantitative estimate of drug-likeness (QED) is 0.655. The molecule has 1 aromatic carbocycles. The lowest BCUT2D eigenvalue weighted by atomic mass is 10.1. The first kappa shape index (κ1) is 13.2. The standard InChI is InChI=1S/C12H15BrFNO/c1-9-8-10(4-5-11(9)14)12(16)15-7-3-2-6-13/h4-5,8H,2-3,6-7H2,1H3,(H,15,16). The van der Waals surface area contributed by atoms with Crippen LogP contribution in [-0.4, -0.2) is 17.8 Å². The maximum absolute atomic E-state index is 13.0. The summed E-state index contributed by atoms with van der Waals surface area (Å²) in [5, 5.41) is 3.74. The van der Waals surface area contributed by atoms with Crippen LogP contribution in [0.2, 0.25) is 0 Å². The van der Waals surface area contributed by atoms with Gasteiger partial charge in [-0.05, 0) is 43.5 Å². The van der Waals surface area contributed by atoms with Crippen molar-refractivity contribution in [2.45, 2.75) is 19.8 Å². The summed E-state index contributed by atoms with van der Waals surface area (Å²) in [7, 11) is 0. The third kappa shape index (κ3) is 3.93. The second-order valence-corrected chi connectivity index (χ2v) is 4.41. The van der Waals surface area contributed by atoms with Crippen LogP contribution in [0.25, 0.3) is 0 Å². The van der Waals surface area contributed by atoms with Crippen molar-refractivity contribution in [2.75, 3.05) is 11.9 Å². The summed E-state index contributed by atoms with van der Waals surface area (Å²) in [6.45, 7) is 2.30. The fraction of sp³-hybridized carbons (Fsp3) is 0.417. The van der Waals surface area contributed by atoms with E-state index in [9.17, 15) is 9.18 Å². The van der Waals surface area contributed by atoms with Gasteiger partial charge in [0.25, 0.3) is 5.91 Å². The zero-order valence-electron chi connectivity index (χ0n) is 9.22. The van der Waals surface area contributed by atoms with E-state index in [0.29, 0.717) is 17.7 Å². The SMILES string of the molecule is Cc1cc(C(=O)NCCCCBr)ccc1F. The van der Waals surface area contributed by atoms with E-state index in [1.165, 1.54) is 12.1 Å². The molecule has 0 unspecified atom stereocenters.